The van der Waals surface area contributed by atoms with E-state index in [1.807, 2.05) is 36.4 Å². The molecule has 1 amide bonds. The number of benzene rings is 1. The van der Waals surface area contributed by atoms with Gasteiger partial charge in [0.05, 0.1) is 5.70 Å². The van der Waals surface area contributed by atoms with Crippen molar-refractivity contribution in [1.29, 1.82) is 0 Å². The minimum absolute atomic E-state index is 0.103. The van der Waals surface area contributed by atoms with E-state index in [0.717, 1.165) is 47.1 Å². The van der Waals surface area contributed by atoms with Crippen LogP contribution in [0.2, 0.25) is 5.02 Å². The first-order chi connectivity index (χ1) is 12.7. The average molecular weight is 364 g/mol. The number of nitrogens with zero attached hydrogens (tertiary/aromatic N) is 2. The average Bonchev–Trinajstić information content (AvgIpc) is 3.25. The van der Waals surface area contributed by atoms with Crippen LogP contribution in [0.15, 0.2) is 81.1 Å². The molecular formula is C20H14ClN3O2. The highest BCUT2D eigenvalue weighted by Gasteiger charge is 2.33. The Morgan fingerprint density at radius 1 is 1.08 bits per heavy atom. The lowest BCUT2D eigenvalue weighted by atomic mass is 10.1. The van der Waals surface area contributed by atoms with E-state index in [-0.39, 0.29) is 5.91 Å². The third-order valence-corrected chi connectivity index (χ3v) is 4.89. The number of halogens is 1. The number of allylic oxidation sites excluding steroid dienone is 1. The highest BCUT2D eigenvalue weighted by atomic mass is 35.5. The number of aliphatic imine (C=N–C) groups is 1. The maximum Gasteiger partial charge on any atom is 0.248 e. The lowest BCUT2D eigenvalue weighted by Crippen LogP contribution is -2.31. The summed E-state index contributed by atoms with van der Waals surface area (Å²) in [6.45, 7) is 0.756. The summed E-state index contributed by atoms with van der Waals surface area (Å²) in [6, 6.07) is 11.4. The van der Waals surface area contributed by atoms with Crippen LogP contribution in [0.5, 0.6) is 0 Å². The van der Waals surface area contributed by atoms with Gasteiger partial charge < -0.3 is 14.6 Å². The molecule has 0 atom stereocenters. The number of hydrogen-bond donors (Lipinski definition) is 1. The maximum absolute atomic E-state index is 11.8. The molecule has 4 heterocycles. The van der Waals surface area contributed by atoms with E-state index >= 15 is 0 Å². The normalized spacial score (nSPS) is 18.3. The van der Waals surface area contributed by atoms with E-state index in [9.17, 15) is 4.79 Å². The zero-order chi connectivity index (χ0) is 17.7. The van der Waals surface area contributed by atoms with Crippen molar-refractivity contribution < 1.29 is 9.21 Å². The number of hydrogen-bond acceptors (Lipinski definition) is 4. The zero-order valence-electron chi connectivity index (χ0n) is 13.7. The van der Waals surface area contributed by atoms with Gasteiger partial charge in [-0.2, -0.15) is 0 Å². The van der Waals surface area contributed by atoms with Gasteiger partial charge in [-0.15, -0.1) is 0 Å². The molecule has 0 fully saturated rings. The third-order valence-electron chi connectivity index (χ3n) is 4.64. The summed E-state index contributed by atoms with van der Waals surface area (Å²) in [4.78, 5) is 18.5. The minimum atomic E-state index is -0.103. The van der Waals surface area contributed by atoms with Gasteiger partial charge >= 0.3 is 0 Å². The van der Waals surface area contributed by atoms with Crippen LogP contribution in [-0.4, -0.2) is 23.2 Å². The van der Waals surface area contributed by atoms with Crippen molar-refractivity contribution in [3.63, 3.8) is 0 Å². The Morgan fingerprint density at radius 2 is 1.88 bits per heavy atom. The molecule has 3 aliphatic rings. The summed E-state index contributed by atoms with van der Waals surface area (Å²) in [6.07, 6.45) is 5.89. The zero-order valence-corrected chi connectivity index (χ0v) is 14.5. The molecule has 1 aromatic heterocycles. The molecule has 1 N–H and O–H groups in total. The second-order valence-electron chi connectivity index (χ2n) is 6.26. The summed E-state index contributed by atoms with van der Waals surface area (Å²) in [5, 5.41) is 3.64. The van der Waals surface area contributed by atoms with Crippen LogP contribution >= 0.6 is 11.6 Å². The van der Waals surface area contributed by atoms with Crippen molar-refractivity contribution >= 4 is 23.3 Å². The summed E-state index contributed by atoms with van der Waals surface area (Å²) < 4.78 is 6.06. The van der Waals surface area contributed by atoms with Gasteiger partial charge in [0.1, 0.15) is 5.76 Å². The fourth-order valence-corrected chi connectivity index (χ4v) is 3.57. The number of furan rings is 1. The highest BCUT2D eigenvalue weighted by molar-refractivity contribution is 6.30. The van der Waals surface area contributed by atoms with Crippen LogP contribution in [0.4, 0.5) is 0 Å². The molecule has 26 heavy (non-hydrogen) atoms. The molecule has 0 saturated heterocycles. The first kappa shape index (κ1) is 15.2. The first-order valence-electron chi connectivity index (χ1n) is 8.33. The van der Waals surface area contributed by atoms with Crippen LogP contribution in [0, 0.1) is 0 Å². The molecule has 6 heteroatoms. The third kappa shape index (κ3) is 2.40. The SMILES string of the molecule is O=C1C=CC2=CN=C(c3ccc(-c4ccc(Cl)cc4)o3)N3CCC(=C23)N1. The minimum Gasteiger partial charge on any atom is -0.453 e. The van der Waals surface area contributed by atoms with E-state index < -0.39 is 0 Å². The van der Waals surface area contributed by atoms with Crippen molar-refractivity contribution in [3.8, 4) is 11.3 Å². The predicted octanol–water partition coefficient (Wildman–Crippen LogP) is 3.85. The van der Waals surface area contributed by atoms with Crippen LogP contribution < -0.4 is 5.32 Å². The van der Waals surface area contributed by atoms with E-state index in [1.54, 1.807) is 12.3 Å². The Kier molecular flexibility index (Phi) is 3.36. The van der Waals surface area contributed by atoms with Crippen molar-refractivity contribution in [3.05, 3.63) is 82.5 Å². The Bertz CT molecular complexity index is 1040. The first-order valence-corrected chi connectivity index (χ1v) is 8.71. The standard InChI is InChI=1S/C20H14ClN3O2/c21-14-4-1-12(2-5-14)16-6-7-17(26-16)20-22-11-13-3-8-18(25)23-15-9-10-24(20)19(13)15/h1-8,11H,9-10H2,(H,23,25). The topological polar surface area (TPSA) is 57.8 Å². The number of carbonyl (C=O) groups is 1. The second kappa shape index (κ2) is 5.75. The van der Waals surface area contributed by atoms with Gasteiger partial charge in [0.25, 0.3) is 0 Å². The Balaban J connectivity index is 1.53. The molecule has 3 aliphatic heterocycles. The van der Waals surface area contributed by atoms with Crippen molar-refractivity contribution in [2.75, 3.05) is 6.54 Å². The van der Waals surface area contributed by atoms with E-state index in [1.165, 1.54) is 6.08 Å². The fraction of sp³-hybridized carbons (Fsp3) is 0.100. The summed E-state index contributed by atoms with van der Waals surface area (Å²) >= 11 is 5.95. The monoisotopic (exact) mass is 363 g/mol. The van der Waals surface area contributed by atoms with E-state index in [0.29, 0.717) is 10.8 Å². The van der Waals surface area contributed by atoms with E-state index in [4.69, 9.17) is 16.0 Å². The predicted molar refractivity (Wildman–Crippen MR) is 99.4 cm³/mol. The number of amidine groups is 1. The van der Waals surface area contributed by atoms with Gasteiger partial charge in [-0.3, -0.25) is 4.79 Å². The smallest absolute Gasteiger partial charge is 0.248 e. The van der Waals surface area contributed by atoms with Crippen LogP contribution in [0.3, 0.4) is 0 Å². The Hall–Kier alpha value is -3.05. The number of carbonyl (C=O) groups excluding carboxylic acids is 1. The summed E-state index contributed by atoms with van der Waals surface area (Å²) in [7, 11) is 0. The van der Waals surface area contributed by atoms with Crippen molar-refractivity contribution in [2.24, 2.45) is 4.99 Å². The van der Waals surface area contributed by atoms with Crippen LogP contribution in [-0.2, 0) is 4.79 Å². The van der Waals surface area contributed by atoms with Gasteiger partial charge in [0, 0.05) is 47.1 Å². The lowest BCUT2D eigenvalue weighted by Gasteiger charge is -2.26. The molecule has 128 valence electrons. The van der Waals surface area contributed by atoms with Gasteiger partial charge in [0.2, 0.25) is 5.91 Å². The molecule has 0 spiro atoms. The molecule has 0 unspecified atom stereocenters. The Labute approximate surface area is 155 Å². The lowest BCUT2D eigenvalue weighted by molar-refractivity contribution is -0.115. The largest absolute Gasteiger partial charge is 0.453 e. The summed E-state index contributed by atoms with van der Waals surface area (Å²) in [5.41, 5.74) is 3.83. The number of rotatable bonds is 2. The van der Waals surface area contributed by atoms with Gasteiger partial charge in [-0.05, 0) is 42.5 Å². The molecule has 0 radical (unpaired) electrons. The molecule has 2 aromatic rings. The van der Waals surface area contributed by atoms with Crippen molar-refractivity contribution in [2.45, 2.75) is 6.42 Å². The highest BCUT2D eigenvalue weighted by Crippen LogP contribution is 2.35. The molecule has 0 aliphatic carbocycles. The van der Waals surface area contributed by atoms with Gasteiger partial charge in [-0.25, -0.2) is 4.99 Å². The quantitative estimate of drug-likeness (QED) is 0.881. The second-order valence-corrected chi connectivity index (χ2v) is 6.70. The Morgan fingerprint density at radius 3 is 2.73 bits per heavy atom. The van der Waals surface area contributed by atoms with E-state index in [2.05, 4.69) is 15.2 Å². The van der Waals surface area contributed by atoms with Crippen LogP contribution in [0.1, 0.15) is 12.2 Å². The van der Waals surface area contributed by atoms with Gasteiger partial charge in [0.15, 0.2) is 11.6 Å². The molecule has 5 nitrogen and oxygen atoms in total. The molecule has 0 saturated carbocycles. The molecule has 1 aromatic carbocycles. The summed E-state index contributed by atoms with van der Waals surface area (Å²) in [5.74, 6) is 2.10. The van der Waals surface area contributed by atoms with Crippen molar-refractivity contribution in [1.82, 2.24) is 10.2 Å². The molecule has 0 bridgehead atoms. The van der Waals surface area contributed by atoms with Crippen LogP contribution in [0.25, 0.3) is 11.3 Å². The molecule has 5 rings (SSSR count). The fourth-order valence-electron chi connectivity index (χ4n) is 3.44. The van der Waals surface area contributed by atoms with Gasteiger partial charge in [-0.1, -0.05) is 11.6 Å². The molecular weight excluding hydrogens is 350 g/mol. The number of nitrogens with one attached hydrogen (secondary N) is 1. The maximum atomic E-state index is 11.8. The number of amides is 1.